The van der Waals surface area contributed by atoms with Crippen molar-refractivity contribution in [1.82, 2.24) is 0 Å². The van der Waals surface area contributed by atoms with Gasteiger partial charge in [0, 0.05) is 17.7 Å². The summed E-state index contributed by atoms with van der Waals surface area (Å²) in [5.41, 5.74) is 3.71. The minimum Gasteiger partial charge on any atom is -0.303 e. The molecule has 0 bridgehead atoms. The third-order valence-corrected chi connectivity index (χ3v) is 2.00. The van der Waals surface area contributed by atoms with Gasteiger partial charge in [0.2, 0.25) is 0 Å². The number of anilines is 1. The van der Waals surface area contributed by atoms with Crippen molar-refractivity contribution in [3.63, 3.8) is 0 Å². The van der Waals surface area contributed by atoms with E-state index in [2.05, 4.69) is 10.5 Å². The average molecular weight is 225 g/mol. The number of nitrogens with one attached hydrogen (secondary N) is 1. The van der Waals surface area contributed by atoms with Crippen LogP contribution < -0.4 is 5.43 Å². The maximum absolute atomic E-state index is 10.0. The summed E-state index contributed by atoms with van der Waals surface area (Å²) in [4.78, 5) is 10.0. The molecular formula is C11H13ClN2O. The lowest BCUT2D eigenvalue weighted by Gasteiger charge is -1.99. The Bertz CT molecular complexity index is 339. The highest BCUT2D eigenvalue weighted by molar-refractivity contribution is 6.30. The Labute approximate surface area is 94.1 Å². The summed E-state index contributed by atoms with van der Waals surface area (Å²) in [6.07, 6.45) is 4.89. The number of nitrogens with zero attached hydrogens (tertiary/aromatic N) is 1. The fourth-order valence-corrected chi connectivity index (χ4v) is 1.23. The van der Waals surface area contributed by atoms with Gasteiger partial charge < -0.3 is 4.79 Å². The zero-order chi connectivity index (χ0) is 10.9. The third kappa shape index (κ3) is 5.18. The molecule has 3 nitrogen and oxygen atoms in total. The second-order valence-corrected chi connectivity index (χ2v) is 3.47. The quantitative estimate of drug-likeness (QED) is 0.349. The van der Waals surface area contributed by atoms with E-state index < -0.39 is 0 Å². The van der Waals surface area contributed by atoms with Crippen molar-refractivity contribution < 1.29 is 4.79 Å². The molecule has 0 aliphatic carbocycles. The van der Waals surface area contributed by atoms with Gasteiger partial charge in [-0.2, -0.15) is 5.10 Å². The van der Waals surface area contributed by atoms with Gasteiger partial charge in [-0.05, 0) is 31.0 Å². The van der Waals surface area contributed by atoms with E-state index in [1.807, 2.05) is 12.1 Å². The molecule has 0 amide bonds. The van der Waals surface area contributed by atoms with Gasteiger partial charge in [-0.25, -0.2) is 0 Å². The molecule has 4 heteroatoms. The Balaban J connectivity index is 2.27. The smallest absolute Gasteiger partial charge is 0.120 e. The van der Waals surface area contributed by atoms with Crippen molar-refractivity contribution in [3.8, 4) is 0 Å². The predicted octanol–water partition coefficient (Wildman–Crippen LogP) is 3.11. The van der Waals surface area contributed by atoms with Crippen LogP contribution in [0.2, 0.25) is 5.02 Å². The van der Waals surface area contributed by atoms with Crippen LogP contribution in [-0.4, -0.2) is 12.5 Å². The SMILES string of the molecule is O=CCCCC=NNc1cccc(Cl)c1. The number of aldehydes is 1. The number of carbonyl (C=O) groups is 1. The van der Waals surface area contributed by atoms with Crippen molar-refractivity contribution >= 4 is 29.8 Å². The number of benzene rings is 1. The van der Waals surface area contributed by atoms with Gasteiger partial charge in [0.05, 0.1) is 5.69 Å². The summed E-state index contributed by atoms with van der Waals surface area (Å²) in [6, 6.07) is 7.34. The second-order valence-electron chi connectivity index (χ2n) is 3.03. The molecule has 0 spiro atoms. The molecule has 1 aromatic carbocycles. The number of unbranched alkanes of at least 4 members (excludes halogenated alkanes) is 2. The standard InChI is InChI=1S/C11H13ClN2O/c12-10-5-4-6-11(9-10)14-13-7-2-1-3-8-15/h4-9,14H,1-3H2. The molecule has 0 heterocycles. The number of halogens is 1. The normalized spacial score (nSPS) is 10.5. The first kappa shape index (κ1) is 11.7. The highest BCUT2D eigenvalue weighted by atomic mass is 35.5. The first-order valence-electron chi connectivity index (χ1n) is 4.79. The van der Waals surface area contributed by atoms with Crippen LogP contribution in [0.1, 0.15) is 19.3 Å². The first-order valence-corrected chi connectivity index (χ1v) is 5.17. The second kappa shape index (κ2) is 7.01. The van der Waals surface area contributed by atoms with Crippen LogP contribution in [0, 0.1) is 0 Å². The molecule has 0 aromatic heterocycles. The third-order valence-electron chi connectivity index (χ3n) is 1.76. The number of hydrogen-bond donors (Lipinski definition) is 1. The lowest BCUT2D eigenvalue weighted by atomic mass is 10.3. The number of hydrazone groups is 1. The Hall–Kier alpha value is -1.35. The molecular weight excluding hydrogens is 212 g/mol. The van der Waals surface area contributed by atoms with Gasteiger partial charge in [0.1, 0.15) is 6.29 Å². The fraction of sp³-hybridized carbons (Fsp3) is 0.273. The van der Waals surface area contributed by atoms with E-state index in [-0.39, 0.29) is 0 Å². The molecule has 0 saturated carbocycles. The van der Waals surface area contributed by atoms with Gasteiger partial charge >= 0.3 is 0 Å². The van der Waals surface area contributed by atoms with E-state index in [4.69, 9.17) is 11.6 Å². The average Bonchev–Trinajstić information content (AvgIpc) is 2.23. The summed E-state index contributed by atoms with van der Waals surface area (Å²) in [7, 11) is 0. The van der Waals surface area contributed by atoms with Crippen LogP contribution in [0.25, 0.3) is 0 Å². The summed E-state index contributed by atoms with van der Waals surface area (Å²) >= 11 is 5.80. The molecule has 0 aliphatic rings. The summed E-state index contributed by atoms with van der Waals surface area (Å²) in [6.45, 7) is 0. The maximum atomic E-state index is 10.0. The number of carbonyl (C=O) groups excluding carboxylic acids is 1. The van der Waals surface area contributed by atoms with E-state index in [0.717, 1.165) is 24.8 Å². The van der Waals surface area contributed by atoms with Crippen LogP contribution in [-0.2, 0) is 4.79 Å². The minimum absolute atomic E-state index is 0.586. The van der Waals surface area contributed by atoms with Gasteiger partial charge in [0.15, 0.2) is 0 Å². The zero-order valence-corrected chi connectivity index (χ0v) is 9.07. The Kier molecular flexibility index (Phi) is 5.48. The van der Waals surface area contributed by atoms with Crippen LogP contribution in [0.3, 0.4) is 0 Å². The Morgan fingerprint density at radius 2 is 2.27 bits per heavy atom. The lowest BCUT2D eigenvalue weighted by Crippen LogP contribution is -1.89. The predicted molar refractivity (Wildman–Crippen MR) is 63.5 cm³/mol. The van der Waals surface area contributed by atoms with Crippen molar-refractivity contribution in [3.05, 3.63) is 29.3 Å². The van der Waals surface area contributed by atoms with Gasteiger partial charge in [-0.3, -0.25) is 5.43 Å². The molecule has 1 rings (SSSR count). The topological polar surface area (TPSA) is 41.5 Å². The van der Waals surface area contributed by atoms with E-state index in [1.54, 1.807) is 18.3 Å². The number of rotatable bonds is 6. The van der Waals surface area contributed by atoms with Crippen molar-refractivity contribution in [2.45, 2.75) is 19.3 Å². The molecule has 0 unspecified atom stereocenters. The van der Waals surface area contributed by atoms with Crippen LogP contribution in [0.5, 0.6) is 0 Å². The van der Waals surface area contributed by atoms with Crippen LogP contribution >= 0.6 is 11.6 Å². The molecule has 0 saturated heterocycles. The molecule has 0 fully saturated rings. The van der Waals surface area contributed by atoms with E-state index in [1.165, 1.54) is 0 Å². The highest BCUT2D eigenvalue weighted by Gasteiger charge is 1.89. The van der Waals surface area contributed by atoms with E-state index in [9.17, 15) is 4.79 Å². The summed E-state index contributed by atoms with van der Waals surface area (Å²) in [5, 5.41) is 4.68. The minimum atomic E-state index is 0.586. The van der Waals surface area contributed by atoms with E-state index in [0.29, 0.717) is 11.4 Å². The van der Waals surface area contributed by atoms with Crippen LogP contribution in [0.15, 0.2) is 29.4 Å². The maximum Gasteiger partial charge on any atom is 0.120 e. The van der Waals surface area contributed by atoms with Gasteiger partial charge in [-0.15, -0.1) is 0 Å². The van der Waals surface area contributed by atoms with Crippen molar-refractivity contribution in [2.24, 2.45) is 5.10 Å². The van der Waals surface area contributed by atoms with Crippen molar-refractivity contribution in [1.29, 1.82) is 0 Å². The lowest BCUT2D eigenvalue weighted by molar-refractivity contribution is -0.107. The van der Waals surface area contributed by atoms with Gasteiger partial charge in [-0.1, -0.05) is 17.7 Å². The monoisotopic (exact) mass is 224 g/mol. The zero-order valence-electron chi connectivity index (χ0n) is 8.32. The van der Waals surface area contributed by atoms with Crippen molar-refractivity contribution in [2.75, 3.05) is 5.43 Å². The summed E-state index contributed by atoms with van der Waals surface area (Å²) in [5.74, 6) is 0. The fourth-order valence-electron chi connectivity index (χ4n) is 1.04. The molecule has 0 aliphatic heterocycles. The Morgan fingerprint density at radius 3 is 3.00 bits per heavy atom. The van der Waals surface area contributed by atoms with Crippen LogP contribution in [0.4, 0.5) is 5.69 Å². The number of hydrogen-bond acceptors (Lipinski definition) is 3. The van der Waals surface area contributed by atoms with E-state index >= 15 is 0 Å². The Morgan fingerprint density at radius 1 is 1.40 bits per heavy atom. The largest absolute Gasteiger partial charge is 0.303 e. The molecule has 0 atom stereocenters. The molecule has 1 N–H and O–H groups in total. The summed E-state index contributed by atoms with van der Waals surface area (Å²) < 4.78 is 0. The molecule has 80 valence electrons. The first-order chi connectivity index (χ1) is 7.33. The van der Waals surface area contributed by atoms with Gasteiger partial charge in [0.25, 0.3) is 0 Å². The molecule has 15 heavy (non-hydrogen) atoms. The molecule has 0 radical (unpaired) electrons. The highest BCUT2D eigenvalue weighted by Crippen LogP contribution is 2.14. The molecule has 1 aromatic rings.